The molecule has 0 aliphatic rings. The first-order chi connectivity index (χ1) is 11.9. The van der Waals surface area contributed by atoms with Gasteiger partial charge < -0.3 is 20.2 Å². The highest BCUT2D eigenvalue weighted by molar-refractivity contribution is 14.0. The summed E-state index contributed by atoms with van der Waals surface area (Å²) in [7, 11) is 0. The van der Waals surface area contributed by atoms with Gasteiger partial charge in [-0.2, -0.15) is 0 Å². The van der Waals surface area contributed by atoms with Crippen LogP contribution in [-0.4, -0.2) is 30.7 Å². The van der Waals surface area contributed by atoms with Gasteiger partial charge in [-0.25, -0.2) is 4.99 Å². The average molecular weight is 471 g/mol. The van der Waals surface area contributed by atoms with Crippen LogP contribution in [0.4, 0.5) is 0 Å². The summed E-state index contributed by atoms with van der Waals surface area (Å²) >= 11 is 0. The molecule has 144 valence electrons. The molecule has 0 radical (unpaired) electrons. The van der Waals surface area contributed by atoms with E-state index in [0.717, 1.165) is 13.1 Å². The number of hydrogen-bond donors (Lipinski definition) is 3. The molecule has 2 rings (SSSR count). The Balaban J connectivity index is 0.00000338. The lowest BCUT2D eigenvalue weighted by Gasteiger charge is -2.20. The molecule has 2 unspecified atom stereocenters. The largest absolute Gasteiger partial charge is 0.466 e. The first-order valence-electron chi connectivity index (χ1n) is 8.77. The zero-order valence-corrected chi connectivity index (χ0v) is 18.3. The van der Waals surface area contributed by atoms with E-state index < -0.39 is 5.60 Å². The third-order valence-corrected chi connectivity index (χ3v) is 4.13. The summed E-state index contributed by atoms with van der Waals surface area (Å²) in [6.45, 7) is 9.75. The molecule has 0 fully saturated rings. The van der Waals surface area contributed by atoms with Crippen molar-refractivity contribution < 1.29 is 9.52 Å². The molecule has 1 aromatic heterocycles. The Kier molecular flexibility index (Phi) is 9.15. The second-order valence-corrected chi connectivity index (χ2v) is 6.64. The van der Waals surface area contributed by atoms with Gasteiger partial charge in [0.1, 0.15) is 11.4 Å². The van der Waals surface area contributed by atoms with Crippen LogP contribution in [0, 0.1) is 6.92 Å². The molecule has 0 aliphatic heterocycles. The van der Waals surface area contributed by atoms with Crippen molar-refractivity contribution in [2.24, 2.45) is 4.99 Å². The van der Waals surface area contributed by atoms with Crippen molar-refractivity contribution in [3.63, 3.8) is 0 Å². The Morgan fingerprint density at radius 3 is 2.65 bits per heavy atom. The number of rotatable bonds is 7. The molecule has 0 saturated heterocycles. The van der Waals surface area contributed by atoms with E-state index in [9.17, 15) is 5.11 Å². The maximum absolute atomic E-state index is 10.5. The molecule has 0 bridgehead atoms. The normalized spacial score (nSPS) is 14.9. The van der Waals surface area contributed by atoms with Gasteiger partial charge in [-0.05, 0) is 44.4 Å². The molecule has 6 heteroatoms. The molecule has 5 nitrogen and oxygen atoms in total. The monoisotopic (exact) mass is 471 g/mol. The summed E-state index contributed by atoms with van der Waals surface area (Å²) in [4.78, 5) is 4.51. The minimum absolute atomic E-state index is 0. The van der Waals surface area contributed by atoms with Gasteiger partial charge in [0.25, 0.3) is 0 Å². The van der Waals surface area contributed by atoms with Gasteiger partial charge in [-0.1, -0.05) is 36.8 Å². The summed E-state index contributed by atoms with van der Waals surface area (Å²) in [5, 5.41) is 17.1. The first-order valence-corrected chi connectivity index (χ1v) is 8.77. The Hall–Kier alpha value is -1.54. The molecular weight excluding hydrogens is 441 g/mol. The fraction of sp³-hybridized carbons (Fsp3) is 0.450. The van der Waals surface area contributed by atoms with Gasteiger partial charge in [-0.3, -0.25) is 0 Å². The quantitative estimate of drug-likeness (QED) is 0.327. The summed E-state index contributed by atoms with van der Waals surface area (Å²) in [6.07, 6.45) is 1.56. The van der Waals surface area contributed by atoms with Crippen LogP contribution in [0.2, 0.25) is 0 Å². The number of aliphatic imine (C=N–C) groups is 1. The predicted molar refractivity (Wildman–Crippen MR) is 117 cm³/mol. The van der Waals surface area contributed by atoms with Crippen LogP contribution in [0.25, 0.3) is 0 Å². The number of halogens is 1. The highest BCUT2D eigenvalue weighted by atomic mass is 127. The topological polar surface area (TPSA) is 69.8 Å². The average Bonchev–Trinajstić information content (AvgIpc) is 3.12. The molecule has 0 spiro atoms. The van der Waals surface area contributed by atoms with Gasteiger partial charge in [0, 0.05) is 13.1 Å². The summed E-state index contributed by atoms with van der Waals surface area (Å²) in [6, 6.07) is 12.1. The Morgan fingerprint density at radius 2 is 2.04 bits per heavy atom. The van der Waals surface area contributed by atoms with E-state index in [1.54, 1.807) is 25.3 Å². The van der Waals surface area contributed by atoms with Crippen molar-refractivity contribution in [1.29, 1.82) is 0 Å². The fourth-order valence-corrected chi connectivity index (χ4v) is 2.58. The SMILES string of the molecule is CCNC(=NCC(C)(O)c1ccco1)NCC(C)c1cccc(C)c1.I. The summed E-state index contributed by atoms with van der Waals surface area (Å²) < 4.78 is 5.30. The minimum atomic E-state index is -1.13. The van der Waals surface area contributed by atoms with Gasteiger partial charge in [0.2, 0.25) is 0 Å². The lowest BCUT2D eigenvalue weighted by atomic mass is 9.99. The molecule has 0 saturated carbocycles. The molecule has 1 aromatic carbocycles. The lowest BCUT2D eigenvalue weighted by molar-refractivity contribution is 0.0437. The Labute approximate surface area is 173 Å². The van der Waals surface area contributed by atoms with Crippen molar-refractivity contribution in [1.82, 2.24) is 10.6 Å². The molecule has 2 aromatic rings. The zero-order chi connectivity index (χ0) is 18.3. The number of nitrogens with one attached hydrogen (secondary N) is 2. The number of aliphatic hydroxyl groups is 1. The molecule has 1 heterocycles. The third kappa shape index (κ3) is 6.64. The fourth-order valence-electron chi connectivity index (χ4n) is 2.58. The van der Waals surface area contributed by atoms with Crippen molar-refractivity contribution in [2.45, 2.75) is 39.2 Å². The number of benzene rings is 1. The van der Waals surface area contributed by atoms with E-state index >= 15 is 0 Å². The number of nitrogens with zero attached hydrogens (tertiary/aromatic N) is 1. The standard InChI is InChI=1S/C20H29N3O2.HI/c1-5-21-19(23-14-20(4,24)18-10-7-11-25-18)22-13-16(3)17-9-6-8-15(2)12-17;/h6-12,16,24H,5,13-14H2,1-4H3,(H2,21,22,23);1H. The maximum atomic E-state index is 10.5. The minimum Gasteiger partial charge on any atom is -0.466 e. The number of furan rings is 1. The van der Waals surface area contributed by atoms with Crippen LogP contribution in [0.15, 0.2) is 52.1 Å². The van der Waals surface area contributed by atoms with E-state index in [2.05, 4.69) is 53.7 Å². The Bertz CT molecular complexity index is 684. The summed E-state index contributed by atoms with van der Waals surface area (Å²) in [5.74, 6) is 1.56. The molecule has 26 heavy (non-hydrogen) atoms. The predicted octanol–water partition coefficient (Wildman–Crippen LogP) is 3.77. The van der Waals surface area contributed by atoms with Gasteiger partial charge in [-0.15, -0.1) is 24.0 Å². The van der Waals surface area contributed by atoms with Crippen LogP contribution in [0.5, 0.6) is 0 Å². The van der Waals surface area contributed by atoms with E-state index in [4.69, 9.17) is 4.42 Å². The highest BCUT2D eigenvalue weighted by Crippen LogP contribution is 2.21. The molecule has 3 N–H and O–H groups in total. The van der Waals surface area contributed by atoms with E-state index in [0.29, 0.717) is 17.6 Å². The second kappa shape index (κ2) is 10.6. The van der Waals surface area contributed by atoms with Gasteiger partial charge in [0.15, 0.2) is 5.96 Å². The highest BCUT2D eigenvalue weighted by Gasteiger charge is 2.26. The Morgan fingerprint density at radius 1 is 1.27 bits per heavy atom. The van der Waals surface area contributed by atoms with Gasteiger partial charge >= 0.3 is 0 Å². The lowest BCUT2D eigenvalue weighted by Crippen LogP contribution is -2.40. The van der Waals surface area contributed by atoms with E-state index in [-0.39, 0.29) is 30.5 Å². The van der Waals surface area contributed by atoms with Crippen LogP contribution < -0.4 is 10.6 Å². The third-order valence-electron chi connectivity index (χ3n) is 4.13. The number of hydrogen-bond acceptors (Lipinski definition) is 3. The first kappa shape index (κ1) is 22.5. The number of aryl methyl sites for hydroxylation is 1. The molecule has 0 aliphatic carbocycles. The van der Waals surface area contributed by atoms with Crippen LogP contribution >= 0.6 is 24.0 Å². The van der Waals surface area contributed by atoms with E-state index in [1.807, 2.05) is 6.92 Å². The van der Waals surface area contributed by atoms with Crippen LogP contribution in [0.3, 0.4) is 0 Å². The number of guanidine groups is 1. The van der Waals surface area contributed by atoms with Crippen molar-refractivity contribution >= 4 is 29.9 Å². The maximum Gasteiger partial charge on any atom is 0.191 e. The molecule has 2 atom stereocenters. The van der Waals surface area contributed by atoms with Crippen LogP contribution in [0.1, 0.15) is 43.6 Å². The smallest absolute Gasteiger partial charge is 0.191 e. The van der Waals surface area contributed by atoms with Crippen LogP contribution in [-0.2, 0) is 5.60 Å². The van der Waals surface area contributed by atoms with Gasteiger partial charge in [0.05, 0.1) is 12.8 Å². The van der Waals surface area contributed by atoms with Crippen molar-refractivity contribution in [3.8, 4) is 0 Å². The molecular formula is C20H30IN3O2. The summed E-state index contributed by atoms with van der Waals surface area (Å²) in [5.41, 5.74) is 1.43. The second-order valence-electron chi connectivity index (χ2n) is 6.64. The van der Waals surface area contributed by atoms with Crippen molar-refractivity contribution in [2.75, 3.05) is 19.6 Å². The van der Waals surface area contributed by atoms with Crippen molar-refractivity contribution in [3.05, 3.63) is 59.5 Å². The zero-order valence-electron chi connectivity index (χ0n) is 16.0. The molecule has 0 amide bonds. The van der Waals surface area contributed by atoms with E-state index in [1.165, 1.54) is 11.1 Å².